The Morgan fingerprint density at radius 1 is 1.23 bits per heavy atom. The fourth-order valence-electron chi connectivity index (χ4n) is 3.96. The summed E-state index contributed by atoms with van der Waals surface area (Å²) >= 11 is 1.40. The van der Waals surface area contributed by atoms with Crippen LogP contribution in [0.25, 0.3) is 11.3 Å². The van der Waals surface area contributed by atoms with Crippen LogP contribution in [0.2, 0.25) is 0 Å². The van der Waals surface area contributed by atoms with Crippen LogP contribution in [0.5, 0.6) is 0 Å². The standard InChI is InChI=1S/C22H26N4O3S/c1-22(2)19(28)26(21(29)25-22)11-5-8-18(27)24-20-23-17(13-30-20)16-10-9-14-6-3-4-7-15(14)12-16/h9-10,12-13H,3-8,11H2,1-2H3,(H,25,29)(H,23,24,27). The molecule has 1 saturated heterocycles. The number of fused-ring (bicyclic) bond motifs is 1. The number of aromatic nitrogens is 1. The predicted molar refractivity (Wildman–Crippen MR) is 116 cm³/mol. The van der Waals surface area contributed by atoms with Crippen LogP contribution < -0.4 is 10.6 Å². The molecule has 2 aromatic rings. The lowest BCUT2D eigenvalue weighted by Crippen LogP contribution is -2.40. The largest absolute Gasteiger partial charge is 0.325 e. The highest BCUT2D eigenvalue weighted by Gasteiger charge is 2.43. The van der Waals surface area contributed by atoms with Crippen LogP contribution >= 0.6 is 11.3 Å². The van der Waals surface area contributed by atoms with Crippen molar-refractivity contribution in [2.75, 3.05) is 11.9 Å². The summed E-state index contributed by atoms with van der Waals surface area (Å²) in [7, 11) is 0. The minimum Gasteiger partial charge on any atom is -0.324 e. The molecule has 30 heavy (non-hydrogen) atoms. The second-order valence-electron chi connectivity index (χ2n) is 8.39. The maximum atomic E-state index is 12.3. The summed E-state index contributed by atoms with van der Waals surface area (Å²) < 4.78 is 0. The molecule has 7 nitrogen and oxygen atoms in total. The zero-order valence-corrected chi connectivity index (χ0v) is 18.1. The van der Waals surface area contributed by atoms with E-state index in [1.807, 2.05) is 5.38 Å². The molecule has 0 unspecified atom stereocenters. The van der Waals surface area contributed by atoms with Gasteiger partial charge in [0.15, 0.2) is 5.13 Å². The maximum Gasteiger partial charge on any atom is 0.325 e. The minimum atomic E-state index is -0.882. The molecule has 1 aliphatic carbocycles. The molecule has 1 fully saturated rings. The average molecular weight is 427 g/mol. The number of rotatable bonds is 6. The first-order chi connectivity index (χ1) is 14.3. The van der Waals surface area contributed by atoms with Crippen LogP contribution in [-0.2, 0) is 22.4 Å². The van der Waals surface area contributed by atoms with Crippen LogP contribution in [0.1, 0.15) is 50.7 Å². The molecule has 2 heterocycles. The molecule has 2 aliphatic rings. The van der Waals surface area contributed by atoms with E-state index in [9.17, 15) is 14.4 Å². The van der Waals surface area contributed by atoms with Gasteiger partial charge in [-0.2, -0.15) is 0 Å². The van der Waals surface area contributed by atoms with Crippen molar-refractivity contribution in [1.82, 2.24) is 15.2 Å². The minimum absolute atomic E-state index is 0.173. The predicted octanol–water partition coefficient (Wildman–Crippen LogP) is 3.74. The van der Waals surface area contributed by atoms with Crippen molar-refractivity contribution in [3.63, 3.8) is 0 Å². The number of nitrogens with one attached hydrogen (secondary N) is 2. The number of nitrogens with zero attached hydrogens (tertiary/aromatic N) is 2. The van der Waals surface area contributed by atoms with Gasteiger partial charge in [0.1, 0.15) is 5.54 Å². The van der Waals surface area contributed by atoms with Crippen LogP contribution in [-0.4, -0.2) is 39.8 Å². The second-order valence-corrected chi connectivity index (χ2v) is 9.25. The van der Waals surface area contributed by atoms with Gasteiger partial charge in [-0.1, -0.05) is 12.1 Å². The molecule has 1 aromatic carbocycles. The molecule has 0 bridgehead atoms. The van der Waals surface area contributed by atoms with E-state index < -0.39 is 11.6 Å². The lowest BCUT2D eigenvalue weighted by atomic mass is 9.90. The van der Waals surface area contributed by atoms with E-state index >= 15 is 0 Å². The number of carbonyl (C=O) groups is 3. The number of amides is 4. The number of urea groups is 1. The highest BCUT2D eigenvalue weighted by molar-refractivity contribution is 7.14. The third-order valence-electron chi connectivity index (χ3n) is 5.62. The van der Waals surface area contributed by atoms with E-state index in [2.05, 4.69) is 33.8 Å². The van der Waals surface area contributed by atoms with Crippen LogP contribution in [0.4, 0.5) is 9.93 Å². The third kappa shape index (κ3) is 4.23. The van der Waals surface area contributed by atoms with Crippen LogP contribution in [0.3, 0.4) is 0 Å². The molecule has 0 radical (unpaired) electrons. The number of carbonyl (C=O) groups excluding carboxylic acids is 3. The highest BCUT2D eigenvalue weighted by atomic mass is 32.1. The van der Waals surface area contributed by atoms with Gasteiger partial charge in [-0.25, -0.2) is 9.78 Å². The van der Waals surface area contributed by atoms with Crippen molar-refractivity contribution in [2.45, 2.75) is 57.9 Å². The van der Waals surface area contributed by atoms with E-state index in [1.165, 1.54) is 40.2 Å². The van der Waals surface area contributed by atoms with Crippen LogP contribution in [0.15, 0.2) is 23.6 Å². The molecular weight excluding hydrogens is 400 g/mol. The Labute approximate surface area is 179 Å². The van der Waals surface area contributed by atoms with Crippen molar-refractivity contribution >= 4 is 34.3 Å². The maximum absolute atomic E-state index is 12.3. The summed E-state index contributed by atoms with van der Waals surface area (Å²) in [5.74, 6) is -0.435. The van der Waals surface area contributed by atoms with Gasteiger partial charge in [0.25, 0.3) is 5.91 Å². The number of benzene rings is 1. The highest BCUT2D eigenvalue weighted by Crippen LogP contribution is 2.29. The zero-order valence-electron chi connectivity index (χ0n) is 17.3. The summed E-state index contributed by atoms with van der Waals surface area (Å²) in [4.78, 5) is 42.0. The van der Waals surface area contributed by atoms with Gasteiger partial charge in [0.05, 0.1) is 5.69 Å². The number of imide groups is 1. The second kappa shape index (κ2) is 8.18. The first-order valence-corrected chi connectivity index (χ1v) is 11.2. The number of anilines is 1. The number of aryl methyl sites for hydroxylation is 2. The molecule has 2 N–H and O–H groups in total. The lowest BCUT2D eigenvalue weighted by molar-refractivity contribution is -0.130. The van der Waals surface area contributed by atoms with Crippen molar-refractivity contribution in [1.29, 1.82) is 0 Å². The number of hydrogen-bond acceptors (Lipinski definition) is 5. The summed E-state index contributed by atoms with van der Waals surface area (Å²) in [5.41, 5.74) is 3.90. The number of hydrogen-bond donors (Lipinski definition) is 2. The molecule has 4 rings (SSSR count). The summed E-state index contributed by atoms with van der Waals surface area (Å²) in [6.07, 6.45) is 5.38. The fraction of sp³-hybridized carbons (Fsp3) is 0.455. The summed E-state index contributed by atoms with van der Waals surface area (Å²) in [6.45, 7) is 3.56. The van der Waals surface area contributed by atoms with E-state index in [-0.39, 0.29) is 24.8 Å². The van der Waals surface area contributed by atoms with Crippen molar-refractivity contribution < 1.29 is 14.4 Å². The Hall–Kier alpha value is -2.74. The van der Waals surface area contributed by atoms with E-state index in [0.717, 1.165) is 24.1 Å². The third-order valence-corrected chi connectivity index (χ3v) is 6.38. The summed E-state index contributed by atoms with van der Waals surface area (Å²) in [5, 5.41) is 7.97. The SMILES string of the molecule is CC1(C)NC(=O)N(CCCC(=O)Nc2nc(-c3ccc4c(c3)CCCC4)cs2)C1=O. The number of thiazole rings is 1. The topological polar surface area (TPSA) is 91.4 Å². The normalized spacial score (nSPS) is 17.6. The first-order valence-electron chi connectivity index (χ1n) is 10.4. The Morgan fingerprint density at radius 2 is 2.00 bits per heavy atom. The van der Waals surface area contributed by atoms with E-state index in [1.54, 1.807) is 13.8 Å². The van der Waals surface area contributed by atoms with E-state index in [4.69, 9.17) is 0 Å². The van der Waals surface area contributed by atoms with Crippen LogP contribution in [0, 0.1) is 0 Å². The first kappa shape index (κ1) is 20.5. The summed E-state index contributed by atoms with van der Waals surface area (Å²) in [6, 6.07) is 6.11. The molecule has 8 heteroatoms. The fourth-order valence-corrected chi connectivity index (χ4v) is 4.69. The molecule has 0 spiro atoms. The molecule has 1 aliphatic heterocycles. The molecule has 1 aromatic heterocycles. The van der Waals surface area contributed by atoms with Crippen molar-refractivity contribution in [2.24, 2.45) is 0 Å². The van der Waals surface area contributed by atoms with Gasteiger partial charge in [-0.15, -0.1) is 11.3 Å². The van der Waals surface area contributed by atoms with Gasteiger partial charge in [-0.05, 0) is 63.1 Å². The Balaban J connectivity index is 1.30. The Morgan fingerprint density at radius 3 is 2.73 bits per heavy atom. The molecule has 0 atom stereocenters. The Bertz CT molecular complexity index is 998. The molecular formula is C22H26N4O3S. The van der Waals surface area contributed by atoms with Gasteiger partial charge >= 0.3 is 6.03 Å². The lowest BCUT2D eigenvalue weighted by Gasteiger charge is -2.16. The molecule has 0 saturated carbocycles. The van der Waals surface area contributed by atoms with E-state index in [0.29, 0.717) is 11.6 Å². The average Bonchev–Trinajstić information content (AvgIpc) is 3.25. The van der Waals surface area contributed by atoms with Crippen molar-refractivity contribution in [3.8, 4) is 11.3 Å². The van der Waals surface area contributed by atoms with Gasteiger partial charge in [0.2, 0.25) is 5.91 Å². The Kier molecular flexibility index (Phi) is 5.60. The quantitative estimate of drug-likeness (QED) is 0.689. The zero-order chi connectivity index (χ0) is 21.3. The van der Waals surface area contributed by atoms with Gasteiger partial charge in [-0.3, -0.25) is 14.5 Å². The molecule has 4 amide bonds. The van der Waals surface area contributed by atoms with Gasteiger partial charge in [0, 0.05) is 23.9 Å². The van der Waals surface area contributed by atoms with Crippen molar-refractivity contribution in [3.05, 3.63) is 34.7 Å². The molecule has 158 valence electrons. The monoisotopic (exact) mass is 426 g/mol. The van der Waals surface area contributed by atoms with Gasteiger partial charge < -0.3 is 10.6 Å². The smallest absolute Gasteiger partial charge is 0.324 e.